The summed E-state index contributed by atoms with van der Waals surface area (Å²) in [6, 6.07) is 16.5. The molecule has 31 heavy (non-hydrogen) atoms. The number of fused-ring (bicyclic) bond motifs is 1. The average Bonchev–Trinajstić information content (AvgIpc) is 2.81. The second-order valence-electron chi connectivity index (χ2n) is 8.64. The number of piperidine rings is 1. The Balaban J connectivity index is 1.22. The molecular formula is C25H32N4O2. The molecule has 1 unspecified atom stereocenters. The van der Waals surface area contributed by atoms with Crippen molar-refractivity contribution in [1.82, 2.24) is 10.2 Å². The van der Waals surface area contributed by atoms with Crippen LogP contribution in [0, 0.1) is 5.92 Å². The number of nitrogens with one attached hydrogen (secondary N) is 1. The summed E-state index contributed by atoms with van der Waals surface area (Å²) in [5.74, 6) is -0.269. The van der Waals surface area contributed by atoms with Crippen LogP contribution in [0.25, 0.3) is 0 Å². The number of likely N-dealkylation sites (tertiary alicyclic amines) is 1. The molecule has 0 bridgehead atoms. The van der Waals surface area contributed by atoms with Crippen molar-refractivity contribution in [3.63, 3.8) is 0 Å². The number of primary amides is 1. The van der Waals surface area contributed by atoms with Gasteiger partial charge in [0.05, 0.1) is 5.92 Å². The molecule has 2 aliphatic rings. The minimum absolute atomic E-state index is 0.0322. The predicted octanol–water partition coefficient (Wildman–Crippen LogP) is 2.57. The number of carbonyl (C=O) groups is 2. The lowest BCUT2D eigenvalue weighted by Gasteiger charge is -2.31. The zero-order chi connectivity index (χ0) is 21.6. The van der Waals surface area contributed by atoms with Gasteiger partial charge in [0, 0.05) is 37.4 Å². The molecule has 2 aromatic rings. The second-order valence-corrected chi connectivity index (χ2v) is 8.64. The number of nitrogens with zero attached hydrogens (tertiary/aromatic N) is 2. The third-order valence-corrected chi connectivity index (χ3v) is 6.47. The number of rotatable bonds is 7. The van der Waals surface area contributed by atoms with E-state index >= 15 is 0 Å². The van der Waals surface area contributed by atoms with Crippen molar-refractivity contribution in [3.8, 4) is 0 Å². The standard InChI is InChI=1S/C25H32N4O2/c26-24(30)22-7-3-14-28(17-22)15-4-13-27-25(31)20-8-10-23(11-9-20)29-16-12-19-5-1-2-6-21(19)18-29/h1-2,5-6,8-11,22H,3-4,7,12-18H2,(H2,26,30)(H,27,31). The van der Waals surface area contributed by atoms with Crippen molar-refractivity contribution < 1.29 is 9.59 Å². The van der Waals surface area contributed by atoms with Crippen molar-refractivity contribution >= 4 is 17.5 Å². The van der Waals surface area contributed by atoms with Gasteiger partial charge in [-0.2, -0.15) is 0 Å². The highest BCUT2D eigenvalue weighted by atomic mass is 16.2. The molecule has 0 saturated carbocycles. The number of hydrogen-bond acceptors (Lipinski definition) is 4. The fraction of sp³-hybridized carbons (Fsp3) is 0.440. The summed E-state index contributed by atoms with van der Waals surface area (Å²) < 4.78 is 0. The van der Waals surface area contributed by atoms with Gasteiger partial charge < -0.3 is 20.9 Å². The maximum Gasteiger partial charge on any atom is 0.251 e. The Kier molecular flexibility index (Phi) is 6.87. The first-order valence-electron chi connectivity index (χ1n) is 11.3. The molecule has 1 fully saturated rings. The fourth-order valence-electron chi connectivity index (χ4n) is 4.64. The van der Waals surface area contributed by atoms with E-state index in [1.807, 2.05) is 24.3 Å². The SMILES string of the molecule is NC(=O)C1CCCN(CCCNC(=O)c2ccc(N3CCc4ccccc4C3)cc2)C1. The number of nitrogens with two attached hydrogens (primary N) is 1. The topological polar surface area (TPSA) is 78.7 Å². The molecule has 1 atom stereocenters. The van der Waals surface area contributed by atoms with E-state index in [9.17, 15) is 9.59 Å². The van der Waals surface area contributed by atoms with Crippen LogP contribution in [0.2, 0.25) is 0 Å². The Labute approximate surface area is 184 Å². The Morgan fingerprint density at radius 3 is 2.58 bits per heavy atom. The number of anilines is 1. The lowest BCUT2D eigenvalue weighted by molar-refractivity contribution is -0.123. The molecule has 164 valence electrons. The van der Waals surface area contributed by atoms with Gasteiger partial charge in [0.1, 0.15) is 0 Å². The third kappa shape index (κ3) is 5.44. The summed E-state index contributed by atoms with van der Waals surface area (Å²) in [5, 5.41) is 3.01. The molecule has 0 aliphatic carbocycles. The Bertz CT molecular complexity index is 912. The van der Waals surface area contributed by atoms with Crippen molar-refractivity contribution in [2.24, 2.45) is 11.7 Å². The van der Waals surface area contributed by atoms with Crippen LogP contribution in [0.3, 0.4) is 0 Å². The minimum atomic E-state index is -0.199. The number of amides is 2. The van der Waals surface area contributed by atoms with Crippen LogP contribution in [-0.4, -0.2) is 49.4 Å². The van der Waals surface area contributed by atoms with Crippen LogP contribution in [-0.2, 0) is 17.8 Å². The Morgan fingerprint density at radius 2 is 1.81 bits per heavy atom. The summed E-state index contributed by atoms with van der Waals surface area (Å²) >= 11 is 0. The highest BCUT2D eigenvalue weighted by Gasteiger charge is 2.23. The molecule has 3 N–H and O–H groups in total. The molecule has 4 rings (SSSR count). The van der Waals surface area contributed by atoms with Crippen LogP contribution in [0.1, 0.15) is 40.7 Å². The van der Waals surface area contributed by atoms with Gasteiger partial charge in [0.2, 0.25) is 5.91 Å². The third-order valence-electron chi connectivity index (χ3n) is 6.47. The van der Waals surface area contributed by atoms with Crippen LogP contribution in [0.15, 0.2) is 48.5 Å². The van der Waals surface area contributed by atoms with Crippen LogP contribution >= 0.6 is 0 Å². The van der Waals surface area contributed by atoms with Gasteiger partial charge >= 0.3 is 0 Å². The number of hydrogen-bond donors (Lipinski definition) is 2. The normalized spacial score (nSPS) is 19.0. The zero-order valence-corrected chi connectivity index (χ0v) is 18.1. The Hall–Kier alpha value is -2.86. The summed E-state index contributed by atoms with van der Waals surface area (Å²) in [6.07, 6.45) is 3.82. The van der Waals surface area contributed by atoms with Gasteiger partial charge in [0.25, 0.3) is 5.91 Å². The highest BCUT2D eigenvalue weighted by molar-refractivity contribution is 5.94. The zero-order valence-electron chi connectivity index (χ0n) is 18.1. The first-order valence-corrected chi connectivity index (χ1v) is 11.3. The highest BCUT2D eigenvalue weighted by Crippen LogP contribution is 2.24. The van der Waals surface area contributed by atoms with E-state index in [0.29, 0.717) is 12.1 Å². The van der Waals surface area contributed by atoms with Crippen molar-refractivity contribution in [2.45, 2.75) is 32.2 Å². The quantitative estimate of drug-likeness (QED) is 0.675. The molecule has 1 saturated heterocycles. The molecule has 0 radical (unpaired) electrons. The van der Waals surface area contributed by atoms with E-state index in [-0.39, 0.29) is 17.7 Å². The van der Waals surface area contributed by atoms with E-state index in [1.165, 1.54) is 11.1 Å². The molecule has 0 spiro atoms. The van der Waals surface area contributed by atoms with Gasteiger partial charge in [-0.3, -0.25) is 9.59 Å². The van der Waals surface area contributed by atoms with E-state index in [1.54, 1.807) is 0 Å². The van der Waals surface area contributed by atoms with Crippen LogP contribution in [0.4, 0.5) is 5.69 Å². The average molecular weight is 421 g/mol. The molecule has 2 heterocycles. The number of benzene rings is 2. The summed E-state index contributed by atoms with van der Waals surface area (Å²) in [5.41, 5.74) is 10.1. The summed E-state index contributed by atoms with van der Waals surface area (Å²) in [7, 11) is 0. The number of carbonyl (C=O) groups excluding carboxylic acids is 2. The van der Waals surface area contributed by atoms with Crippen molar-refractivity contribution in [1.29, 1.82) is 0 Å². The lowest BCUT2D eigenvalue weighted by Crippen LogP contribution is -2.42. The molecule has 6 nitrogen and oxygen atoms in total. The molecule has 6 heteroatoms. The molecular weight excluding hydrogens is 388 g/mol. The minimum Gasteiger partial charge on any atom is -0.369 e. The van der Waals surface area contributed by atoms with E-state index in [4.69, 9.17) is 5.73 Å². The van der Waals surface area contributed by atoms with E-state index in [2.05, 4.69) is 39.4 Å². The molecule has 0 aromatic heterocycles. The largest absolute Gasteiger partial charge is 0.369 e. The van der Waals surface area contributed by atoms with Gasteiger partial charge in [-0.05, 0) is 74.2 Å². The van der Waals surface area contributed by atoms with Crippen LogP contribution < -0.4 is 16.0 Å². The van der Waals surface area contributed by atoms with Crippen molar-refractivity contribution in [3.05, 3.63) is 65.2 Å². The monoisotopic (exact) mass is 420 g/mol. The van der Waals surface area contributed by atoms with Gasteiger partial charge in [-0.1, -0.05) is 24.3 Å². The molecule has 2 aliphatic heterocycles. The van der Waals surface area contributed by atoms with Crippen molar-refractivity contribution in [2.75, 3.05) is 37.6 Å². The first kappa shape index (κ1) is 21.4. The van der Waals surface area contributed by atoms with Crippen LogP contribution in [0.5, 0.6) is 0 Å². The summed E-state index contributed by atoms with van der Waals surface area (Å²) in [6.45, 7) is 5.15. The van der Waals surface area contributed by atoms with Gasteiger partial charge in [-0.25, -0.2) is 0 Å². The van der Waals surface area contributed by atoms with E-state index in [0.717, 1.165) is 64.1 Å². The smallest absolute Gasteiger partial charge is 0.251 e. The predicted molar refractivity (Wildman–Crippen MR) is 123 cm³/mol. The maximum absolute atomic E-state index is 12.5. The molecule has 2 amide bonds. The van der Waals surface area contributed by atoms with Gasteiger partial charge in [0.15, 0.2) is 0 Å². The fourth-order valence-corrected chi connectivity index (χ4v) is 4.64. The van der Waals surface area contributed by atoms with Gasteiger partial charge in [-0.15, -0.1) is 0 Å². The summed E-state index contributed by atoms with van der Waals surface area (Å²) in [4.78, 5) is 28.5. The lowest BCUT2D eigenvalue weighted by atomic mass is 9.97. The maximum atomic E-state index is 12.5. The van der Waals surface area contributed by atoms with E-state index < -0.39 is 0 Å². The molecule has 2 aromatic carbocycles. The Morgan fingerprint density at radius 1 is 1.03 bits per heavy atom. The second kappa shape index (κ2) is 9.96. The first-order chi connectivity index (χ1) is 15.1.